The average Bonchev–Trinajstić information content (AvgIpc) is 3.37. The number of benzene rings is 3. The van der Waals surface area contributed by atoms with Crippen LogP contribution in [0.5, 0.6) is 0 Å². The summed E-state index contributed by atoms with van der Waals surface area (Å²) in [5.74, 6) is 0.531. The number of nitrogens with zero attached hydrogens (tertiary/aromatic N) is 2. The van der Waals surface area contributed by atoms with E-state index in [1.807, 2.05) is 59.5 Å². The van der Waals surface area contributed by atoms with Gasteiger partial charge < -0.3 is 14.4 Å². The van der Waals surface area contributed by atoms with Crippen LogP contribution >= 0.6 is 0 Å². The van der Waals surface area contributed by atoms with Crippen molar-refractivity contribution in [1.29, 1.82) is 0 Å². The van der Waals surface area contributed by atoms with Crippen molar-refractivity contribution in [2.45, 2.75) is 32.4 Å². The summed E-state index contributed by atoms with van der Waals surface area (Å²) < 4.78 is 6.74. The van der Waals surface area contributed by atoms with E-state index in [4.69, 9.17) is 4.42 Å². The highest BCUT2D eigenvalue weighted by Gasteiger charge is 2.22. The topological polar surface area (TPSA) is 77.8 Å². The minimum Gasteiger partial charge on any atom is -0.458 e. The SMILES string of the molecule is Cc1ccc2c(c1)CCN(C(=O)Cc1ccc3oc(C(O)c4cc[n+](O)cc4)cc3c1)C2.c1ccccc1. The molecule has 1 unspecified atom stereocenters. The van der Waals surface area contributed by atoms with Crippen LogP contribution in [0.2, 0.25) is 0 Å². The largest absolute Gasteiger partial charge is 0.458 e. The number of aryl methyl sites for hydroxylation is 1. The van der Waals surface area contributed by atoms with E-state index < -0.39 is 6.10 Å². The molecule has 0 aliphatic carbocycles. The Morgan fingerprint density at radius 1 is 0.947 bits per heavy atom. The van der Waals surface area contributed by atoms with Gasteiger partial charge in [0.2, 0.25) is 18.3 Å². The molecule has 1 amide bonds. The summed E-state index contributed by atoms with van der Waals surface area (Å²) in [5, 5.41) is 20.8. The number of carbonyl (C=O) groups is 1. The number of carbonyl (C=O) groups excluding carboxylic acids is 1. The first-order valence-electron chi connectivity index (χ1n) is 12.7. The zero-order valence-corrected chi connectivity index (χ0v) is 21.3. The highest BCUT2D eigenvalue weighted by molar-refractivity contribution is 5.83. The minimum absolute atomic E-state index is 0.112. The molecule has 0 fully saturated rings. The van der Waals surface area contributed by atoms with Gasteiger partial charge in [-0.3, -0.25) is 10.0 Å². The number of fused-ring (bicyclic) bond motifs is 2. The molecule has 3 aromatic carbocycles. The van der Waals surface area contributed by atoms with Gasteiger partial charge in [-0.1, -0.05) is 66.2 Å². The van der Waals surface area contributed by atoms with Gasteiger partial charge in [0, 0.05) is 40.9 Å². The monoisotopic (exact) mass is 507 g/mol. The van der Waals surface area contributed by atoms with E-state index >= 15 is 0 Å². The number of aromatic nitrogens is 1. The molecule has 0 spiro atoms. The molecule has 6 heteroatoms. The number of hydrogen-bond acceptors (Lipinski definition) is 4. The van der Waals surface area contributed by atoms with Crippen LogP contribution in [-0.2, 0) is 24.2 Å². The Bertz CT molecular complexity index is 1500. The van der Waals surface area contributed by atoms with Crippen molar-refractivity contribution in [3.8, 4) is 0 Å². The number of pyridine rings is 1. The molecule has 0 saturated carbocycles. The third kappa shape index (κ3) is 5.93. The lowest BCUT2D eigenvalue weighted by molar-refractivity contribution is -0.904. The van der Waals surface area contributed by atoms with E-state index in [2.05, 4.69) is 25.1 Å². The second-order valence-electron chi connectivity index (χ2n) is 9.60. The predicted molar refractivity (Wildman–Crippen MR) is 145 cm³/mol. The first kappa shape index (κ1) is 25.2. The summed E-state index contributed by atoms with van der Waals surface area (Å²) in [7, 11) is 0. The van der Waals surface area contributed by atoms with Crippen molar-refractivity contribution in [2.24, 2.45) is 0 Å². The number of amides is 1. The van der Waals surface area contributed by atoms with Crippen molar-refractivity contribution in [1.82, 2.24) is 4.90 Å². The molecule has 0 saturated heterocycles. The van der Waals surface area contributed by atoms with E-state index in [1.165, 1.54) is 29.1 Å². The number of hydrogen-bond donors (Lipinski definition) is 2. The molecule has 5 aromatic rings. The summed E-state index contributed by atoms with van der Waals surface area (Å²) >= 11 is 0. The van der Waals surface area contributed by atoms with E-state index in [1.54, 1.807) is 18.2 Å². The maximum atomic E-state index is 12.9. The van der Waals surface area contributed by atoms with Crippen LogP contribution in [0.1, 0.15) is 39.7 Å². The van der Waals surface area contributed by atoms with Crippen LogP contribution < -0.4 is 4.73 Å². The molecule has 1 aliphatic heterocycles. The van der Waals surface area contributed by atoms with Gasteiger partial charge in [-0.2, -0.15) is 0 Å². The molecule has 192 valence electrons. The molecule has 1 atom stereocenters. The molecule has 6 nitrogen and oxygen atoms in total. The lowest BCUT2D eigenvalue weighted by Crippen LogP contribution is -2.36. The Morgan fingerprint density at radius 3 is 2.37 bits per heavy atom. The lowest BCUT2D eigenvalue weighted by atomic mass is 9.97. The minimum atomic E-state index is -0.939. The van der Waals surface area contributed by atoms with Gasteiger partial charge in [0.1, 0.15) is 17.4 Å². The molecular formula is C32H31N2O4+. The Labute approximate surface area is 222 Å². The van der Waals surface area contributed by atoms with Crippen molar-refractivity contribution in [2.75, 3.05) is 6.54 Å². The number of aliphatic hydroxyl groups excluding tert-OH is 1. The fourth-order valence-corrected chi connectivity index (χ4v) is 4.70. The molecule has 2 aromatic heterocycles. The Balaban J connectivity index is 0.000000433. The summed E-state index contributed by atoms with van der Waals surface area (Å²) in [6, 6.07) is 29.2. The molecular weight excluding hydrogens is 476 g/mol. The predicted octanol–water partition coefficient (Wildman–Crippen LogP) is 5.16. The maximum absolute atomic E-state index is 12.9. The number of rotatable bonds is 4. The van der Waals surface area contributed by atoms with Gasteiger partial charge in [0.05, 0.1) is 6.42 Å². The molecule has 38 heavy (non-hydrogen) atoms. The van der Waals surface area contributed by atoms with Gasteiger partial charge in [0.15, 0.2) is 0 Å². The smallest absolute Gasteiger partial charge is 0.227 e. The third-order valence-corrected chi connectivity index (χ3v) is 6.77. The van der Waals surface area contributed by atoms with Crippen molar-refractivity contribution >= 4 is 16.9 Å². The Kier molecular flexibility index (Phi) is 7.52. The lowest BCUT2D eigenvalue weighted by Gasteiger charge is -2.29. The van der Waals surface area contributed by atoms with Crippen LogP contribution in [0, 0.1) is 6.92 Å². The standard InChI is InChI=1S/C26H25N2O4.C6H6/c1-17-2-4-21-16-27(9-6-20(21)12-17)25(29)14-18-3-5-23-22(13-18)15-24(32-23)26(30)19-7-10-28(31)11-8-19;1-2-4-6-5-3-1/h2-5,7-8,10-13,15,26,30-31H,6,9,14,16H2,1H3;1-6H/q+1;. The number of aliphatic hydroxyl groups is 1. The molecule has 1 aliphatic rings. The van der Waals surface area contributed by atoms with Crippen LogP contribution in [0.4, 0.5) is 0 Å². The highest BCUT2D eigenvalue weighted by Crippen LogP contribution is 2.29. The summed E-state index contributed by atoms with van der Waals surface area (Å²) in [6.45, 7) is 3.49. The normalized spacial score (nSPS) is 13.4. The van der Waals surface area contributed by atoms with E-state index in [9.17, 15) is 15.1 Å². The molecule has 6 rings (SSSR count). The number of furan rings is 1. The third-order valence-electron chi connectivity index (χ3n) is 6.77. The molecule has 3 heterocycles. The molecule has 0 bridgehead atoms. The van der Waals surface area contributed by atoms with Crippen molar-refractivity contribution in [3.63, 3.8) is 0 Å². The molecule has 2 N–H and O–H groups in total. The van der Waals surface area contributed by atoms with Crippen molar-refractivity contribution < 1.29 is 24.3 Å². The van der Waals surface area contributed by atoms with Gasteiger partial charge in [-0.25, -0.2) is 0 Å². The van der Waals surface area contributed by atoms with Crippen LogP contribution in [0.3, 0.4) is 0 Å². The second kappa shape index (κ2) is 11.3. The molecule has 0 radical (unpaired) electrons. The Morgan fingerprint density at radius 2 is 1.66 bits per heavy atom. The van der Waals surface area contributed by atoms with Crippen LogP contribution in [0.15, 0.2) is 108 Å². The van der Waals surface area contributed by atoms with Gasteiger partial charge in [0.25, 0.3) is 0 Å². The second-order valence-corrected chi connectivity index (χ2v) is 9.60. The van der Waals surface area contributed by atoms with E-state index in [0.717, 1.165) is 28.6 Å². The van der Waals surface area contributed by atoms with E-state index in [0.29, 0.717) is 29.9 Å². The fourth-order valence-electron chi connectivity index (χ4n) is 4.70. The first-order valence-corrected chi connectivity index (χ1v) is 12.7. The van der Waals surface area contributed by atoms with Crippen LogP contribution in [0.25, 0.3) is 11.0 Å². The maximum Gasteiger partial charge on any atom is 0.227 e. The van der Waals surface area contributed by atoms with Crippen LogP contribution in [-0.4, -0.2) is 27.7 Å². The first-order chi connectivity index (χ1) is 18.5. The van der Waals surface area contributed by atoms with Gasteiger partial charge in [-0.05, 0) is 48.2 Å². The summed E-state index contributed by atoms with van der Waals surface area (Å²) in [4.78, 5) is 14.9. The van der Waals surface area contributed by atoms with Crippen molar-refractivity contribution in [3.05, 3.63) is 137 Å². The summed E-state index contributed by atoms with van der Waals surface area (Å²) in [6.07, 6.45) is 3.18. The van der Waals surface area contributed by atoms with E-state index in [-0.39, 0.29) is 5.91 Å². The zero-order chi connectivity index (χ0) is 26.5. The van der Waals surface area contributed by atoms with Gasteiger partial charge in [-0.15, -0.1) is 0 Å². The zero-order valence-electron chi connectivity index (χ0n) is 21.3. The summed E-state index contributed by atoms with van der Waals surface area (Å²) in [5.41, 5.74) is 6.01. The quantitative estimate of drug-likeness (QED) is 0.260. The Hall–Kier alpha value is -4.42. The van der Waals surface area contributed by atoms with Gasteiger partial charge >= 0.3 is 0 Å². The average molecular weight is 508 g/mol. The fraction of sp³-hybridized carbons (Fsp3) is 0.188. The highest BCUT2D eigenvalue weighted by atomic mass is 16.5.